The Bertz CT molecular complexity index is 782. The lowest BCUT2D eigenvalue weighted by Crippen LogP contribution is -2.03. The molecule has 3 nitrogen and oxygen atoms in total. The summed E-state index contributed by atoms with van der Waals surface area (Å²) in [5.74, 6) is 1.56. The number of pyridine rings is 1. The topological polar surface area (TPSA) is 39.2 Å². The summed E-state index contributed by atoms with van der Waals surface area (Å²) in [4.78, 5) is 16.2. The summed E-state index contributed by atoms with van der Waals surface area (Å²) in [5, 5.41) is 0. The predicted octanol–water partition coefficient (Wildman–Crippen LogP) is 6.50. The Kier molecular flexibility index (Phi) is 8.78. The van der Waals surface area contributed by atoms with Crippen LogP contribution in [0, 0.1) is 0 Å². The maximum atomic E-state index is 12.2. The third kappa shape index (κ3) is 7.45. The maximum absolute atomic E-state index is 12.2. The summed E-state index contributed by atoms with van der Waals surface area (Å²) in [7, 11) is 0. The highest BCUT2D eigenvalue weighted by Crippen LogP contribution is 2.21. The van der Waals surface area contributed by atoms with Gasteiger partial charge in [-0.3, -0.25) is 9.78 Å². The first-order valence-corrected chi connectivity index (χ1v) is 9.48. The van der Waals surface area contributed by atoms with Gasteiger partial charge in [0.1, 0.15) is 11.5 Å². The van der Waals surface area contributed by atoms with E-state index in [4.69, 9.17) is 4.74 Å². The van der Waals surface area contributed by atoms with Crippen molar-refractivity contribution in [2.75, 3.05) is 0 Å². The summed E-state index contributed by atoms with van der Waals surface area (Å²) < 4.78 is 5.71. The molecule has 0 radical (unpaired) electrons. The summed E-state index contributed by atoms with van der Waals surface area (Å²) in [5.41, 5.74) is 1.58. The lowest BCUT2D eigenvalue weighted by molar-refractivity contribution is 0.0993. The zero-order chi connectivity index (χ0) is 19.3. The number of hydrogen-bond donors (Lipinski definition) is 0. The van der Waals surface area contributed by atoms with Gasteiger partial charge >= 0.3 is 0 Å². The van der Waals surface area contributed by atoms with Crippen molar-refractivity contribution >= 4 is 5.78 Å². The average Bonchev–Trinajstić information content (AvgIpc) is 2.71. The zero-order valence-electron chi connectivity index (χ0n) is 16.1. The minimum absolute atomic E-state index is 0.0688. The third-order valence-corrected chi connectivity index (χ3v) is 3.95. The van der Waals surface area contributed by atoms with Crippen LogP contribution in [0.15, 0.2) is 79.1 Å². The van der Waals surface area contributed by atoms with Gasteiger partial charge in [-0.2, -0.15) is 0 Å². The van der Waals surface area contributed by atoms with Crippen LogP contribution in [-0.4, -0.2) is 10.8 Å². The van der Waals surface area contributed by atoms with Crippen LogP contribution in [0.1, 0.15) is 49.0 Å². The molecule has 0 bridgehead atoms. The van der Waals surface area contributed by atoms with E-state index in [9.17, 15) is 4.79 Å². The minimum atomic E-state index is 0.0688. The number of Topliss-reactive ketones (excluding diaryl/α,β-unsaturated/α-hetero) is 1. The van der Waals surface area contributed by atoms with E-state index < -0.39 is 0 Å². The molecule has 0 aliphatic heterocycles. The molecule has 0 spiro atoms. The van der Waals surface area contributed by atoms with Gasteiger partial charge < -0.3 is 4.74 Å². The lowest BCUT2D eigenvalue weighted by Gasteiger charge is -2.06. The van der Waals surface area contributed by atoms with Crippen molar-refractivity contribution < 1.29 is 9.53 Å². The molecule has 0 atom stereocenters. The molecule has 0 N–H and O–H groups in total. The quantitative estimate of drug-likeness (QED) is 0.451. The molecule has 0 aliphatic rings. The van der Waals surface area contributed by atoms with Crippen LogP contribution in [-0.2, 0) is 6.42 Å². The largest absolute Gasteiger partial charge is 0.457 e. The number of unbranched alkanes of at least 4 members (excludes halogenated alkanes) is 2. The highest BCUT2D eigenvalue weighted by Gasteiger charge is 2.07. The van der Waals surface area contributed by atoms with E-state index in [1.807, 2.05) is 54.6 Å². The Hall–Kier alpha value is -2.94. The number of nitrogens with zero attached hydrogens (tertiary/aromatic N) is 1. The molecule has 1 heterocycles. The number of ether oxygens (including phenoxy) is 1. The van der Waals surface area contributed by atoms with E-state index in [2.05, 4.69) is 18.8 Å². The first kappa shape index (κ1) is 20.4. The smallest absolute Gasteiger partial charge is 0.167 e. The van der Waals surface area contributed by atoms with Crippen molar-refractivity contribution in [1.82, 2.24) is 4.98 Å². The number of hydrogen-bond acceptors (Lipinski definition) is 3. The number of aromatic nitrogens is 1. The van der Waals surface area contributed by atoms with E-state index in [0.717, 1.165) is 11.3 Å². The molecule has 1 aromatic heterocycles. The van der Waals surface area contributed by atoms with E-state index in [0.29, 0.717) is 17.7 Å². The van der Waals surface area contributed by atoms with E-state index in [1.165, 1.54) is 19.3 Å². The fourth-order valence-electron chi connectivity index (χ4n) is 2.48. The van der Waals surface area contributed by atoms with Gasteiger partial charge in [0.15, 0.2) is 5.78 Å². The highest BCUT2D eigenvalue weighted by molar-refractivity contribution is 5.97. The third-order valence-electron chi connectivity index (χ3n) is 3.95. The van der Waals surface area contributed by atoms with Gasteiger partial charge in [0, 0.05) is 24.4 Å². The fraction of sp³-hybridized carbons (Fsp3) is 0.250. The fourth-order valence-corrected chi connectivity index (χ4v) is 2.48. The van der Waals surface area contributed by atoms with Gasteiger partial charge in [-0.1, -0.05) is 57.4 Å². The molecule has 27 heavy (non-hydrogen) atoms. The Morgan fingerprint density at radius 2 is 1.52 bits per heavy atom. The van der Waals surface area contributed by atoms with Crippen LogP contribution < -0.4 is 4.74 Å². The Balaban J connectivity index is 0.000000465. The molecule has 2 aromatic carbocycles. The molecule has 3 aromatic rings. The van der Waals surface area contributed by atoms with Gasteiger partial charge in [0.05, 0.1) is 0 Å². The van der Waals surface area contributed by atoms with Gasteiger partial charge in [-0.25, -0.2) is 0 Å². The molecule has 0 aliphatic carbocycles. The number of benzene rings is 2. The minimum Gasteiger partial charge on any atom is -0.457 e. The van der Waals surface area contributed by atoms with Crippen LogP contribution in [0.4, 0.5) is 0 Å². The standard InChI is InChI=1S/C19H15NO2.C5H12/c21-19(13-15-5-4-12-20-14-15)16-8-10-18(11-9-16)22-17-6-2-1-3-7-17;1-3-5-4-2/h1-12,14H,13H2;3-5H2,1-2H3. The van der Waals surface area contributed by atoms with Crippen molar-refractivity contribution in [3.8, 4) is 11.5 Å². The van der Waals surface area contributed by atoms with Gasteiger partial charge in [0.25, 0.3) is 0 Å². The van der Waals surface area contributed by atoms with Crippen molar-refractivity contribution in [3.05, 3.63) is 90.3 Å². The summed E-state index contributed by atoms with van der Waals surface area (Å²) in [6.07, 6.45) is 7.84. The molecule has 0 saturated heterocycles. The number of rotatable bonds is 7. The maximum Gasteiger partial charge on any atom is 0.167 e. The summed E-state index contributed by atoms with van der Waals surface area (Å²) in [6.45, 7) is 4.42. The molecule has 3 heteroatoms. The number of ketones is 1. The first-order valence-electron chi connectivity index (χ1n) is 9.48. The molecule has 0 unspecified atom stereocenters. The molecule has 140 valence electrons. The van der Waals surface area contributed by atoms with Crippen molar-refractivity contribution in [2.45, 2.75) is 39.5 Å². The summed E-state index contributed by atoms with van der Waals surface area (Å²) >= 11 is 0. The second kappa shape index (κ2) is 11.6. The normalized spacial score (nSPS) is 9.85. The Morgan fingerprint density at radius 3 is 2.07 bits per heavy atom. The lowest BCUT2D eigenvalue weighted by atomic mass is 10.0. The summed E-state index contributed by atoms with van der Waals surface area (Å²) in [6, 6.07) is 20.5. The number of carbonyl (C=O) groups is 1. The SMILES string of the molecule is CCCCC.O=C(Cc1cccnc1)c1ccc(Oc2ccccc2)cc1. The Labute approximate surface area is 162 Å². The van der Waals surface area contributed by atoms with Gasteiger partial charge in [-0.05, 0) is 48.0 Å². The van der Waals surface area contributed by atoms with Crippen LogP contribution in [0.3, 0.4) is 0 Å². The van der Waals surface area contributed by atoms with Crippen LogP contribution in [0.2, 0.25) is 0 Å². The van der Waals surface area contributed by atoms with Gasteiger partial charge in [0.2, 0.25) is 0 Å². The van der Waals surface area contributed by atoms with Crippen molar-refractivity contribution in [1.29, 1.82) is 0 Å². The molecule has 3 rings (SSSR count). The van der Waals surface area contributed by atoms with E-state index in [1.54, 1.807) is 24.5 Å². The zero-order valence-corrected chi connectivity index (χ0v) is 16.1. The van der Waals surface area contributed by atoms with E-state index in [-0.39, 0.29) is 5.78 Å². The molecular weight excluding hydrogens is 334 g/mol. The van der Waals surface area contributed by atoms with Crippen LogP contribution >= 0.6 is 0 Å². The number of para-hydroxylation sites is 1. The first-order chi connectivity index (χ1) is 13.2. The van der Waals surface area contributed by atoms with Gasteiger partial charge in [-0.15, -0.1) is 0 Å². The molecule has 0 amide bonds. The molecular formula is C24H27NO2. The monoisotopic (exact) mass is 361 g/mol. The second-order valence-corrected chi connectivity index (χ2v) is 6.25. The van der Waals surface area contributed by atoms with Crippen LogP contribution in [0.5, 0.6) is 11.5 Å². The average molecular weight is 361 g/mol. The van der Waals surface area contributed by atoms with E-state index >= 15 is 0 Å². The molecule has 0 saturated carbocycles. The van der Waals surface area contributed by atoms with Crippen molar-refractivity contribution in [2.24, 2.45) is 0 Å². The second-order valence-electron chi connectivity index (χ2n) is 6.25. The number of carbonyl (C=O) groups excluding carboxylic acids is 1. The van der Waals surface area contributed by atoms with Crippen molar-refractivity contribution in [3.63, 3.8) is 0 Å². The Morgan fingerprint density at radius 1 is 0.852 bits per heavy atom. The predicted molar refractivity (Wildman–Crippen MR) is 110 cm³/mol. The highest BCUT2D eigenvalue weighted by atomic mass is 16.5. The molecule has 0 fully saturated rings. The van der Waals surface area contributed by atoms with Crippen LogP contribution in [0.25, 0.3) is 0 Å².